The van der Waals surface area contributed by atoms with Crippen molar-refractivity contribution in [3.63, 3.8) is 0 Å². The molecule has 1 aromatic carbocycles. The van der Waals surface area contributed by atoms with E-state index in [1.807, 2.05) is 30.3 Å². The van der Waals surface area contributed by atoms with Gasteiger partial charge in [0.2, 0.25) is 0 Å². The minimum Gasteiger partial charge on any atom is -0.352 e. The largest absolute Gasteiger partial charge is 0.352 e. The fourth-order valence-electron chi connectivity index (χ4n) is 2.14. The van der Waals surface area contributed by atoms with Gasteiger partial charge < -0.3 is 5.32 Å². The molecule has 3 heteroatoms. The van der Waals surface area contributed by atoms with E-state index in [1.165, 1.54) is 6.42 Å². The fourth-order valence-corrected chi connectivity index (χ4v) is 2.51. The number of hydrogen-bond acceptors (Lipinski definition) is 1. The molecule has 0 aromatic heterocycles. The molecule has 1 fully saturated rings. The summed E-state index contributed by atoms with van der Waals surface area (Å²) < 4.78 is 0. The predicted octanol–water partition coefficient (Wildman–Crippen LogP) is 2.82. The third-order valence-corrected chi connectivity index (χ3v) is 3.70. The van der Waals surface area contributed by atoms with E-state index in [9.17, 15) is 4.79 Å². The number of nitrogens with one attached hydrogen (secondary N) is 1. The first-order valence-corrected chi connectivity index (χ1v) is 6.18. The Balaban J connectivity index is 1.84. The van der Waals surface area contributed by atoms with Crippen molar-refractivity contribution in [1.82, 2.24) is 5.32 Å². The number of halogens is 1. The smallest absolute Gasteiger partial charge is 0.251 e. The second-order valence-corrected chi connectivity index (χ2v) is 4.84. The van der Waals surface area contributed by atoms with Crippen LogP contribution in [0.2, 0.25) is 0 Å². The first-order valence-electron chi connectivity index (χ1n) is 5.74. The first-order chi connectivity index (χ1) is 7.77. The Labute approximate surface area is 101 Å². The highest BCUT2D eigenvalue weighted by Crippen LogP contribution is 2.29. The van der Waals surface area contributed by atoms with Crippen molar-refractivity contribution < 1.29 is 4.79 Å². The highest BCUT2D eigenvalue weighted by molar-refractivity contribution is 6.21. The van der Waals surface area contributed by atoms with Gasteiger partial charge in [-0.15, -0.1) is 11.6 Å². The second kappa shape index (κ2) is 5.35. The monoisotopic (exact) mass is 237 g/mol. The summed E-state index contributed by atoms with van der Waals surface area (Å²) in [6.45, 7) is 0.696. The van der Waals surface area contributed by atoms with Gasteiger partial charge in [-0.2, -0.15) is 0 Å². The quantitative estimate of drug-likeness (QED) is 0.805. The van der Waals surface area contributed by atoms with Crippen LogP contribution in [0.3, 0.4) is 0 Å². The van der Waals surface area contributed by atoms with Gasteiger partial charge in [0, 0.05) is 17.5 Å². The van der Waals surface area contributed by atoms with Crippen molar-refractivity contribution in [2.75, 3.05) is 6.54 Å². The second-order valence-electron chi connectivity index (χ2n) is 4.28. The maximum atomic E-state index is 11.8. The molecule has 86 valence electrons. The van der Waals surface area contributed by atoms with Crippen molar-refractivity contribution in [1.29, 1.82) is 0 Å². The van der Waals surface area contributed by atoms with Gasteiger partial charge in [-0.05, 0) is 30.9 Å². The molecule has 1 aliphatic carbocycles. The fraction of sp³-hybridized carbons (Fsp3) is 0.462. The van der Waals surface area contributed by atoms with Crippen LogP contribution in [0.5, 0.6) is 0 Å². The molecule has 2 unspecified atom stereocenters. The molecule has 0 saturated heterocycles. The number of benzene rings is 1. The number of carbonyl (C=O) groups is 1. The van der Waals surface area contributed by atoms with Crippen LogP contribution >= 0.6 is 11.6 Å². The van der Waals surface area contributed by atoms with Crippen LogP contribution in [0.1, 0.15) is 29.6 Å². The highest BCUT2D eigenvalue weighted by atomic mass is 35.5. The van der Waals surface area contributed by atoms with Crippen LogP contribution in [0, 0.1) is 5.92 Å². The summed E-state index contributed by atoms with van der Waals surface area (Å²) in [4.78, 5) is 11.8. The molecule has 1 amide bonds. The van der Waals surface area contributed by atoms with Crippen LogP contribution < -0.4 is 5.32 Å². The van der Waals surface area contributed by atoms with Crippen molar-refractivity contribution >= 4 is 17.5 Å². The van der Waals surface area contributed by atoms with Gasteiger partial charge >= 0.3 is 0 Å². The van der Waals surface area contributed by atoms with Crippen LogP contribution in [0.15, 0.2) is 30.3 Å². The number of amides is 1. The number of hydrogen-bond donors (Lipinski definition) is 1. The summed E-state index contributed by atoms with van der Waals surface area (Å²) in [6.07, 6.45) is 3.39. The van der Waals surface area contributed by atoms with Crippen LogP contribution in [-0.4, -0.2) is 17.8 Å². The lowest BCUT2D eigenvalue weighted by atomic mass is 10.1. The minimum absolute atomic E-state index is 0.00336. The molecule has 16 heavy (non-hydrogen) atoms. The van der Waals surface area contributed by atoms with E-state index < -0.39 is 0 Å². The first kappa shape index (κ1) is 11.5. The van der Waals surface area contributed by atoms with Gasteiger partial charge in [0.15, 0.2) is 0 Å². The lowest BCUT2D eigenvalue weighted by Gasteiger charge is -2.14. The van der Waals surface area contributed by atoms with E-state index in [-0.39, 0.29) is 11.3 Å². The van der Waals surface area contributed by atoms with Crippen molar-refractivity contribution in [3.8, 4) is 0 Å². The summed E-state index contributed by atoms with van der Waals surface area (Å²) in [5.41, 5.74) is 0.714. The van der Waals surface area contributed by atoms with E-state index in [0.29, 0.717) is 18.0 Å². The molecule has 2 nitrogen and oxygen atoms in total. The lowest BCUT2D eigenvalue weighted by Crippen LogP contribution is -2.31. The van der Waals surface area contributed by atoms with Crippen molar-refractivity contribution in [3.05, 3.63) is 35.9 Å². The van der Waals surface area contributed by atoms with E-state index in [2.05, 4.69) is 5.32 Å². The van der Waals surface area contributed by atoms with Crippen LogP contribution in [0.4, 0.5) is 0 Å². The molecule has 1 aliphatic rings. The van der Waals surface area contributed by atoms with Crippen molar-refractivity contribution in [2.45, 2.75) is 24.6 Å². The molecule has 0 bridgehead atoms. The summed E-state index contributed by atoms with van der Waals surface area (Å²) in [5.74, 6) is 0.436. The summed E-state index contributed by atoms with van der Waals surface area (Å²) in [7, 11) is 0. The number of rotatable bonds is 3. The minimum atomic E-state index is -0.00336. The van der Waals surface area contributed by atoms with E-state index >= 15 is 0 Å². The Kier molecular flexibility index (Phi) is 3.83. The van der Waals surface area contributed by atoms with Gasteiger partial charge in [0.25, 0.3) is 5.91 Å². The van der Waals surface area contributed by atoms with Gasteiger partial charge in [0.1, 0.15) is 0 Å². The zero-order valence-corrected chi connectivity index (χ0v) is 9.91. The Bertz CT molecular complexity index is 352. The molecule has 0 aliphatic heterocycles. The molecule has 1 saturated carbocycles. The van der Waals surface area contributed by atoms with Crippen LogP contribution in [-0.2, 0) is 0 Å². The molecule has 1 aromatic rings. The normalized spacial score (nSPS) is 24.3. The van der Waals surface area contributed by atoms with Gasteiger partial charge in [-0.1, -0.05) is 24.6 Å². The molecule has 0 heterocycles. The van der Waals surface area contributed by atoms with Gasteiger partial charge in [0.05, 0.1) is 0 Å². The van der Waals surface area contributed by atoms with Gasteiger partial charge in [-0.3, -0.25) is 4.79 Å². The molecule has 0 spiro atoms. The third kappa shape index (κ3) is 2.76. The molecule has 2 rings (SSSR count). The van der Waals surface area contributed by atoms with Crippen molar-refractivity contribution in [2.24, 2.45) is 5.92 Å². The van der Waals surface area contributed by atoms with E-state index in [4.69, 9.17) is 11.6 Å². The molecular formula is C13H16ClNO. The summed E-state index contributed by atoms with van der Waals surface area (Å²) >= 11 is 6.16. The maximum absolute atomic E-state index is 11.8. The predicted molar refractivity (Wildman–Crippen MR) is 65.8 cm³/mol. The molecule has 2 atom stereocenters. The Hall–Kier alpha value is -1.02. The number of alkyl halides is 1. The molecular weight excluding hydrogens is 222 g/mol. The summed E-state index contributed by atoms with van der Waals surface area (Å²) in [6, 6.07) is 9.29. The standard InChI is InChI=1S/C13H16ClNO/c14-12-8-4-7-11(12)9-15-13(16)10-5-2-1-3-6-10/h1-3,5-6,11-12H,4,7-9H2,(H,15,16). The molecule has 0 radical (unpaired) electrons. The van der Waals surface area contributed by atoms with E-state index in [1.54, 1.807) is 0 Å². The Morgan fingerprint density at radius 3 is 2.69 bits per heavy atom. The highest BCUT2D eigenvalue weighted by Gasteiger charge is 2.25. The number of carbonyl (C=O) groups excluding carboxylic acids is 1. The topological polar surface area (TPSA) is 29.1 Å². The zero-order valence-electron chi connectivity index (χ0n) is 9.16. The average Bonchev–Trinajstić information content (AvgIpc) is 2.73. The SMILES string of the molecule is O=C(NCC1CCCC1Cl)c1ccccc1. The zero-order chi connectivity index (χ0) is 11.4. The average molecular weight is 238 g/mol. The Morgan fingerprint density at radius 2 is 2.06 bits per heavy atom. The lowest BCUT2D eigenvalue weighted by molar-refractivity contribution is 0.0947. The summed E-state index contributed by atoms with van der Waals surface area (Å²) in [5, 5.41) is 3.18. The van der Waals surface area contributed by atoms with Crippen LogP contribution in [0.25, 0.3) is 0 Å². The van der Waals surface area contributed by atoms with Gasteiger partial charge in [-0.25, -0.2) is 0 Å². The maximum Gasteiger partial charge on any atom is 0.251 e. The third-order valence-electron chi connectivity index (χ3n) is 3.13. The molecule has 1 N–H and O–H groups in total. The van der Waals surface area contributed by atoms with E-state index in [0.717, 1.165) is 12.8 Å². The Morgan fingerprint density at radius 1 is 1.31 bits per heavy atom.